The Hall–Kier alpha value is -1.93. The van der Waals surface area contributed by atoms with Crippen LogP contribution in [0.3, 0.4) is 0 Å². The van der Waals surface area contributed by atoms with Crippen LogP contribution in [0.15, 0.2) is 29.3 Å². The van der Waals surface area contributed by atoms with Gasteiger partial charge in [-0.3, -0.25) is 9.36 Å². The summed E-state index contributed by atoms with van der Waals surface area (Å²) in [5, 5.41) is 0.443. The molecule has 0 saturated heterocycles. The number of rotatable bonds is 5. The number of fused-ring (bicyclic) bond motifs is 1. The highest BCUT2D eigenvalue weighted by molar-refractivity contribution is 7.88. The Balaban J connectivity index is 2.35. The maximum atomic E-state index is 12.4. The maximum absolute atomic E-state index is 12.4. The van der Waals surface area contributed by atoms with E-state index in [9.17, 15) is 13.2 Å². The zero-order chi connectivity index (χ0) is 15.6. The summed E-state index contributed by atoms with van der Waals surface area (Å²) in [5.41, 5.74) is 0.276. The van der Waals surface area contributed by atoms with Crippen molar-refractivity contribution >= 4 is 20.9 Å². The van der Waals surface area contributed by atoms with E-state index in [0.717, 1.165) is 6.26 Å². The van der Waals surface area contributed by atoms with Gasteiger partial charge in [-0.15, -0.1) is 0 Å². The Morgan fingerprint density at radius 1 is 1.38 bits per heavy atom. The molecule has 7 nitrogen and oxygen atoms in total. The van der Waals surface area contributed by atoms with E-state index in [1.54, 1.807) is 18.2 Å². The van der Waals surface area contributed by atoms with Gasteiger partial charge < -0.3 is 4.74 Å². The van der Waals surface area contributed by atoms with E-state index in [-0.39, 0.29) is 18.6 Å². The van der Waals surface area contributed by atoms with Gasteiger partial charge in [0, 0.05) is 20.1 Å². The van der Waals surface area contributed by atoms with E-state index in [2.05, 4.69) is 4.98 Å². The van der Waals surface area contributed by atoms with Gasteiger partial charge in [-0.05, 0) is 12.1 Å². The van der Waals surface area contributed by atoms with Crippen molar-refractivity contribution in [3.63, 3.8) is 0 Å². The molecule has 2 rings (SSSR count). The number of likely N-dealkylation sites (N-methyl/N-ethyl adjacent to an activating group) is 1. The fourth-order valence-corrected chi connectivity index (χ4v) is 2.31. The highest BCUT2D eigenvalue weighted by Crippen LogP contribution is 2.19. The molecular formula is C13H17N3O4S. The van der Waals surface area contributed by atoms with Crippen molar-refractivity contribution in [3.05, 3.63) is 34.9 Å². The van der Waals surface area contributed by atoms with Gasteiger partial charge in [0.05, 0.1) is 25.1 Å². The monoisotopic (exact) mass is 311 g/mol. The second-order valence-electron chi connectivity index (χ2n) is 4.68. The SMILES string of the molecule is COc1cccc2c(=O)n(CCN(C)S(C)(=O)=O)cnc12. The topological polar surface area (TPSA) is 81.5 Å². The Morgan fingerprint density at radius 3 is 2.71 bits per heavy atom. The van der Waals surface area contributed by atoms with Gasteiger partial charge in [0.15, 0.2) is 0 Å². The molecule has 0 amide bonds. The number of para-hydroxylation sites is 1. The van der Waals surface area contributed by atoms with Crippen LogP contribution < -0.4 is 10.3 Å². The molecule has 0 unspecified atom stereocenters. The standard InChI is InChI=1S/C13H17N3O4S/c1-15(21(3,18)19)7-8-16-9-14-12-10(13(16)17)5-4-6-11(12)20-2/h4-6,9H,7-8H2,1-3H3. The van der Waals surface area contributed by atoms with Crippen LogP contribution in [0.25, 0.3) is 10.9 Å². The lowest BCUT2D eigenvalue weighted by Crippen LogP contribution is -2.32. The molecule has 0 aliphatic rings. The van der Waals surface area contributed by atoms with Gasteiger partial charge in [0.1, 0.15) is 11.3 Å². The lowest BCUT2D eigenvalue weighted by Gasteiger charge is -2.15. The van der Waals surface area contributed by atoms with Gasteiger partial charge >= 0.3 is 0 Å². The molecule has 1 heterocycles. The van der Waals surface area contributed by atoms with Crippen LogP contribution in [0.4, 0.5) is 0 Å². The molecule has 0 N–H and O–H groups in total. The van der Waals surface area contributed by atoms with Gasteiger partial charge in [0.25, 0.3) is 5.56 Å². The van der Waals surface area contributed by atoms with Crippen LogP contribution in [0.5, 0.6) is 5.75 Å². The minimum atomic E-state index is -3.26. The fourth-order valence-electron chi connectivity index (χ4n) is 1.90. The summed E-state index contributed by atoms with van der Waals surface area (Å²) in [6.45, 7) is 0.443. The summed E-state index contributed by atoms with van der Waals surface area (Å²) >= 11 is 0. The lowest BCUT2D eigenvalue weighted by molar-refractivity contribution is 0.418. The van der Waals surface area contributed by atoms with Gasteiger partial charge in [-0.1, -0.05) is 6.07 Å². The van der Waals surface area contributed by atoms with E-state index < -0.39 is 10.0 Å². The summed E-state index contributed by atoms with van der Waals surface area (Å²) in [6.07, 6.45) is 2.53. The first kappa shape index (κ1) is 15.5. The molecule has 2 aromatic rings. The normalized spacial score (nSPS) is 12.0. The molecule has 21 heavy (non-hydrogen) atoms. The second kappa shape index (κ2) is 5.82. The fraction of sp³-hybridized carbons (Fsp3) is 0.385. The number of nitrogens with zero attached hydrogens (tertiary/aromatic N) is 3. The van der Waals surface area contributed by atoms with Crippen LogP contribution >= 0.6 is 0 Å². The molecule has 0 atom stereocenters. The van der Waals surface area contributed by atoms with Crippen molar-refractivity contribution in [2.45, 2.75) is 6.54 Å². The second-order valence-corrected chi connectivity index (χ2v) is 6.77. The van der Waals surface area contributed by atoms with Crippen LogP contribution in [0, 0.1) is 0 Å². The molecule has 0 bridgehead atoms. The molecular weight excluding hydrogens is 294 g/mol. The van der Waals surface area contributed by atoms with Crippen molar-refractivity contribution in [2.24, 2.45) is 0 Å². The van der Waals surface area contributed by atoms with Crippen molar-refractivity contribution in [3.8, 4) is 5.75 Å². The summed E-state index contributed by atoms with van der Waals surface area (Å²) in [6, 6.07) is 5.12. The first-order valence-corrected chi connectivity index (χ1v) is 8.13. The van der Waals surface area contributed by atoms with Gasteiger partial charge in [-0.25, -0.2) is 17.7 Å². The van der Waals surface area contributed by atoms with Crippen molar-refractivity contribution in [2.75, 3.05) is 27.0 Å². The lowest BCUT2D eigenvalue weighted by atomic mass is 10.2. The molecule has 0 radical (unpaired) electrons. The largest absolute Gasteiger partial charge is 0.494 e. The Bertz CT molecular complexity index is 814. The van der Waals surface area contributed by atoms with E-state index in [1.165, 1.54) is 29.4 Å². The quantitative estimate of drug-likeness (QED) is 0.793. The Morgan fingerprint density at radius 2 is 2.10 bits per heavy atom. The van der Waals surface area contributed by atoms with Crippen LogP contribution in [-0.2, 0) is 16.6 Å². The molecule has 1 aromatic carbocycles. The first-order valence-electron chi connectivity index (χ1n) is 6.28. The number of hydrogen-bond acceptors (Lipinski definition) is 5. The summed E-state index contributed by atoms with van der Waals surface area (Å²) in [5.74, 6) is 0.532. The Kier molecular flexibility index (Phi) is 4.29. The maximum Gasteiger partial charge on any atom is 0.261 e. The number of hydrogen-bond donors (Lipinski definition) is 0. The number of aromatic nitrogens is 2. The smallest absolute Gasteiger partial charge is 0.261 e. The summed E-state index contributed by atoms with van der Waals surface area (Å²) in [7, 11) is -0.274. The third-order valence-electron chi connectivity index (χ3n) is 3.26. The van der Waals surface area contributed by atoms with E-state index in [0.29, 0.717) is 16.7 Å². The summed E-state index contributed by atoms with van der Waals surface area (Å²) < 4.78 is 30.4. The van der Waals surface area contributed by atoms with E-state index >= 15 is 0 Å². The van der Waals surface area contributed by atoms with Crippen LogP contribution in [-0.4, -0.2) is 49.2 Å². The molecule has 8 heteroatoms. The predicted molar refractivity (Wildman–Crippen MR) is 80.0 cm³/mol. The average Bonchev–Trinajstić information content (AvgIpc) is 2.44. The van der Waals surface area contributed by atoms with Crippen LogP contribution in [0.2, 0.25) is 0 Å². The van der Waals surface area contributed by atoms with E-state index in [1.807, 2.05) is 0 Å². The summed E-state index contributed by atoms with van der Waals surface area (Å²) in [4.78, 5) is 16.6. The van der Waals surface area contributed by atoms with Gasteiger partial charge in [-0.2, -0.15) is 0 Å². The number of benzene rings is 1. The highest BCUT2D eigenvalue weighted by Gasteiger charge is 2.12. The minimum Gasteiger partial charge on any atom is -0.494 e. The minimum absolute atomic E-state index is 0.204. The third kappa shape index (κ3) is 3.22. The number of ether oxygens (including phenoxy) is 1. The first-order chi connectivity index (χ1) is 9.84. The highest BCUT2D eigenvalue weighted by atomic mass is 32.2. The number of methoxy groups -OCH3 is 1. The van der Waals surface area contributed by atoms with Crippen molar-refractivity contribution < 1.29 is 13.2 Å². The Labute approximate surface area is 122 Å². The molecule has 114 valence electrons. The molecule has 0 spiro atoms. The van der Waals surface area contributed by atoms with Crippen molar-refractivity contribution in [1.29, 1.82) is 0 Å². The van der Waals surface area contributed by atoms with Gasteiger partial charge in [0.2, 0.25) is 10.0 Å². The zero-order valence-corrected chi connectivity index (χ0v) is 12.9. The molecule has 1 aromatic heterocycles. The molecule has 0 aliphatic heterocycles. The third-order valence-corrected chi connectivity index (χ3v) is 4.57. The van der Waals surface area contributed by atoms with Crippen LogP contribution in [0.1, 0.15) is 0 Å². The zero-order valence-electron chi connectivity index (χ0n) is 12.1. The molecule has 0 fully saturated rings. The number of sulfonamides is 1. The average molecular weight is 311 g/mol. The molecule has 0 saturated carbocycles. The van der Waals surface area contributed by atoms with Crippen molar-refractivity contribution in [1.82, 2.24) is 13.9 Å². The predicted octanol–water partition coefficient (Wildman–Crippen LogP) is 0.297. The molecule has 0 aliphatic carbocycles. The van der Waals surface area contributed by atoms with E-state index in [4.69, 9.17) is 4.74 Å².